The average Bonchev–Trinajstić information content (AvgIpc) is 2.87. The fourth-order valence-corrected chi connectivity index (χ4v) is 1.51. The second-order valence-corrected chi connectivity index (χ2v) is 3.89. The van der Waals surface area contributed by atoms with Crippen molar-refractivity contribution in [1.82, 2.24) is 10.1 Å². The van der Waals surface area contributed by atoms with Gasteiger partial charge in [-0.1, -0.05) is 12.1 Å². The molecular formula is C11H11FN4O3. The van der Waals surface area contributed by atoms with E-state index in [1.807, 2.05) is 6.92 Å². The van der Waals surface area contributed by atoms with Crippen LogP contribution in [0.15, 0.2) is 22.7 Å². The molecule has 0 spiro atoms. The van der Waals surface area contributed by atoms with E-state index >= 15 is 0 Å². The molecule has 2 rings (SSSR count). The Kier molecular flexibility index (Phi) is 3.52. The Balaban J connectivity index is 2.47. The number of nitro groups is 1. The van der Waals surface area contributed by atoms with Crippen LogP contribution in [0.4, 0.5) is 10.1 Å². The summed E-state index contributed by atoms with van der Waals surface area (Å²) in [6, 6.07) is 2.71. The molecule has 0 amide bonds. The molecule has 0 aliphatic carbocycles. The maximum atomic E-state index is 13.0. The highest BCUT2D eigenvalue weighted by Crippen LogP contribution is 2.29. The summed E-state index contributed by atoms with van der Waals surface area (Å²) in [6.07, 6.45) is 0.602. The summed E-state index contributed by atoms with van der Waals surface area (Å²) in [7, 11) is 0. The number of hydrogen-bond acceptors (Lipinski definition) is 6. The number of aromatic nitrogens is 2. The average molecular weight is 266 g/mol. The molecule has 100 valence electrons. The molecule has 0 fully saturated rings. The largest absolute Gasteiger partial charge is 0.334 e. The van der Waals surface area contributed by atoms with Crippen molar-refractivity contribution in [2.75, 3.05) is 0 Å². The fourth-order valence-electron chi connectivity index (χ4n) is 1.51. The Bertz CT molecular complexity index is 614. The summed E-state index contributed by atoms with van der Waals surface area (Å²) >= 11 is 0. The zero-order valence-corrected chi connectivity index (χ0v) is 10.0. The second-order valence-electron chi connectivity index (χ2n) is 3.89. The first-order valence-electron chi connectivity index (χ1n) is 5.56. The number of halogens is 1. The minimum Gasteiger partial charge on any atom is -0.334 e. The molecule has 0 aliphatic heterocycles. The maximum Gasteiger partial charge on any atom is 0.285 e. The van der Waals surface area contributed by atoms with Crippen LogP contribution < -0.4 is 5.73 Å². The lowest BCUT2D eigenvalue weighted by molar-refractivity contribution is -0.384. The number of hydrogen-bond donors (Lipinski definition) is 1. The van der Waals surface area contributed by atoms with Gasteiger partial charge in [0.25, 0.3) is 11.6 Å². The van der Waals surface area contributed by atoms with Crippen molar-refractivity contribution in [2.45, 2.75) is 19.4 Å². The van der Waals surface area contributed by atoms with Gasteiger partial charge in [0.05, 0.1) is 17.0 Å². The quantitative estimate of drug-likeness (QED) is 0.671. The first-order valence-corrected chi connectivity index (χ1v) is 5.56. The van der Waals surface area contributed by atoms with Crippen molar-refractivity contribution in [1.29, 1.82) is 0 Å². The SMILES string of the molecule is CCC(N)c1noc(-c2ccc(F)cc2[N+](=O)[O-])n1. The predicted molar refractivity (Wildman–Crippen MR) is 63.6 cm³/mol. The van der Waals surface area contributed by atoms with Crippen molar-refractivity contribution >= 4 is 5.69 Å². The summed E-state index contributed by atoms with van der Waals surface area (Å²) < 4.78 is 18.0. The lowest BCUT2D eigenvalue weighted by atomic mass is 10.1. The van der Waals surface area contributed by atoms with Gasteiger partial charge in [0, 0.05) is 0 Å². The lowest BCUT2D eigenvalue weighted by Gasteiger charge is -2.00. The first-order chi connectivity index (χ1) is 9.02. The van der Waals surface area contributed by atoms with E-state index in [1.54, 1.807) is 0 Å². The lowest BCUT2D eigenvalue weighted by Crippen LogP contribution is -2.10. The Morgan fingerprint density at radius 2 is 2.32 bits per heavy atom. The minimum atomic E-state index is -0.708. The van der Waals surface area contributed by atoms with Gasteiger partial charge in [-0.3, -0.25) is 10.1 Å². The molecule has 1 aromatic heterocycles. The standard InChI is InChI=1S/C11H11FN4O3/c1-2-8(13)10-14-11(19-15-10)7-4-3-6(12)5-9(7)16(17)18/h3-5,8H,2,13H2,1H3. The number of nitrogens with zero attached hydrogens (tertiary/aromatic N) is 3. The van der Waals surface area contributed by atoms with Gasteiger partial charge in [-0.15, -0.1) is 0 Å². The molecule has 0 radical (unpaired) electrons. The van der Waals surface area contributed by atoms with Crippen LogP contribution in [-0.2, 0) is 0 Å². The summed E-state index contributed by atoms with van der Waals surface area (Å²) in [5.74, 6) is -0.498. The number of rotatable bonds is 4. The van der Waals surface area contributed by atoms with E-state index in [9.17, 15) is 14.5 Å². The van der Waals surface area contributed by atoms with Crippen LogP contribution in [0.3, 0.4) is 0 Å². The Morgan fingerprint density at radius 1 is 1.58 bits per heavy atom. The molecule has 1 heterocycles. The highest BCUT2D eigenvalue weighted by molar-refractivity contribution is 5.66. The van der Waals surface area contributed by atoms with Gasteiger partial charge in [0.15, 0.2) is 5.82 Å². The van der Waals surface area contributed by atoms with Crippen LogP contribution in [0, 0.1) is 15.9 Å². The van der Waals surface area contributed by atoms with E-state index in [-0.39, 0.29) is 17.3 Å². The molecule has 0 saturated heterocycles. The summed E-state index contributed by atoms with van der Waals surface area (Å²) in [6.45, 7) is 1.85. The zero-order chi connectivity index (χ0) is 14.0. The van der Waals surface area contributed by atoms with Gasteiger partial charge < -0.3 is 10.3 Å². The van der Waals surface area contributed by atoms with Crippen LogP contribution in [0.2, 0.25) is 0 Å². The van der Waals surface area contributed by atoms with Gasteiger partial charge >= 0.3 is 0 Å². The molecule has 0 bridgehead atoms. The van der Waals surface area contributed by atoms with Gasteiger partial charge in [-0.25, -0.2) is 4.39 Å². The third kappa shape index (κ3) is 2.58. The highest BCUT2D eigenvalue weighted by atomic mass is 19.1. The molecule has 0 saturated carbocycles. The first kappa shape index (κ1) is 13.1. The molecule has 1 unspecified atom stereocenters. The van der Waals surface area contributed by atoms with Crippen LogP contribution in [0.1, 0.15) is 25.2 Å². The van der Waals surface area contributed by atoms with Gasteiger partial charge in [0.2, 0.25) is 0 Å². The number of benzene rings is 1. The predicted octanol–water partition coefficient (Wildman–Crippen LogP) is 2.19. The molecule has 7 nitrogen and oxygen atoms in total. The van der Waals surface area contributed by atoms with Gasteiger partial charge in [-0.2, -0.15) is 4.98 Å². The van der Waals surface area contributed by atoms with E-state index in [0.29, 0.717) is 6.42 Å². The van der Waals surface area contributed by atoms with Crippen molar-refractivity contribution in [3.63, 3.8) is 0 Å². The fraction of sp³-hybridized carbons (Fsp3) is 0.273. The highest BCUT2D eigenvalue weighted by Gasteiger charge is 2.22. The van der Waals surface area contributed by atoms with E-state index < -0.39 is 22.5 Å². The van der Waals surface area contributed by atoms with E-state index in [2.05, 4.69) is 10.1 Å². The molecule has 19 heavy (non-hydrogen) atoms. The monoisotopic (exact) mass is 266 g/mol. The van der Waals surface area contributed by atoms with E-state index in [0.717, 1.165) is 12.1 Å². The molecule has 1 atom stereocenters. The summed E-state index contributed by atoms with van der Waals surface area (Å²) in [5.41, 5.74) is 5.36. The van der Waals surface area contributed by atoms with Crippen molar-refractivity contribution in [3.8, 4) is 11.5 Å². The number of nitrogens with two attached hydrogens (primary N) is 1. The Morgan fingerprint density at radius 3 is 2.95 bits per heavy atom. The van der Waals surface area contributed by atoms with Crippen molar-refractivity contribution in [3.05, 3.63) is 40.0 Å². The minimum absolute atomic E-state index is 0.0504. The van der Waals surface area contributed by atoms with Crippen LogP contribution in [-0.4, -0.2) is 15.1 Å². The van der Waals surface area contributed by atoms with Gasteiger partial charge in [0.1, 0.15) is 11.4 Å². The summed E-state index contributed by atoms with van der Waals surface area (Å²) in [4.78, 5) is 14.2. The smallest absolute Gasteiger partial charge is 0.285 e. The molecule has 0 aliphatic rings. The molecule has 8 heteroatoms. The Hall–Kier alpha value is -2.35. The van der Waals surface area contributed by atoms with Crippen molar-refractivity contribution < 1.29 is 13.8 Å². The van der Waals surface area contributed by atoms with Crippen LogP contribution in [0.25, 0.3) is 11.5 Å². The third-order valence-corrected chi connectivity index (χ3v) is 2.60. The molecule has 2 aromatic rings. The number of nitro benzene ring substituents is 1. The van der Waals surface area contributed by atoms with E-state index in [1.165, 1.54) is 6.07 Å². The topological polar surface area (TPSA) is 108 Å². The van der Waals surface area contributed by atoms with E-state index in [4.69, 9.17) is 10.3 Å². The second kappa shape index (κ2) is 5.11. The maximum absolute atomic E-state index is 13.0. The molecule has 1 aromatic carbocycles. The van der Waals surface area contributed by atoms with Crippen molar-refractivity contribution in [2.24, 2.45) is 5.73 Å². The molecule has 2 N–H and O–H groups in total. The van der Waals surface area contributed by atoms with Crippen LogP contribution >= 0.6 is 0 Å². The van der Waals surface area contributed by atoms with Gasteiger partial charge in [-0.05, 0) is 18.6 Å². The molecular weight excluding hydrogens is 255 g/mol. The van der Waals surface area contributed by atoms with Crippen LogP contribution in [0.5, 0.6) is 0 Å². The summed E-state index contributed by atoms with van der Waals surface area (Å²) in [5, 5.41) is 14.5. The Labute approximate surface area is 107 Å². The normalized spacial score (nSPS) is 12.4. The third-order valence-electron chi connectivity index (χ3n) is 2.60. The zero-order valence-electron chi connectivity index (χ0n) is 10.0.